The standard InChI is InChI=1S/C21H23F2N3O4S/c22-20(23)31(29,30)18-10-8-15(9-11-18)19(27)24-16-6-5-7-17(14-16)25-21(28)26-12-3-1-2-4-13-26/h5-11,14,20H,1-4,12-13H2,(H,24,27)(H,25,28). The second-order valence-corrected chi connectivity index (χ2v) is 9.11. The lowest BCUT2D eigenvalue weighted by molar-refractivity contribution is 0.102. The van der Waals surface area contributed by atoms with Crippen LogP contribution in [0, 0.1) is 0 Å². The van der Waals surface area contributed by atoms with Gasteiger partial charge in [-0.2, -0.15) is 8.78 Å². The van der Waals surface area contributed by atoms with Gasteiger partial charge in [0.2, 0.25) is 9.84 Å². The van der Waals surface area contributed by atoms with Gasteiger partial charge in [-0.3, -0.25) is 4.79 Å². The summed E-state index contributed by atoms with van der Waals surface area (Å²) in [6.07, 6.45) is 4.17. The van der Waals surface area contributed by atoms with E-state index in [1.165, 1.54) is 0 Å². The maximum absolute atomic E-state index is 12.6. The molecule has 0 saturated carbocycles. The number of hydrogen-bond donors (Lipinski definition) is 2. The Balaban J connectivity index is 1.65. The van der Waals surface area contributed by atoms with Crippen molar-refractivity contribution < 1.29 is 26.8 Å². The number of likely N-dealkylation sites (tertiary alicyclic amines) is 1. The van der Waals surface area contributed by atoms with Crippen LogP contribution in [-0.2, 0) is 9.84 Å². The van der Waals surface area contributed by atoms with Crippen molar-refractivity contribution in [1.82, 2.24) is 4.90 Å². The number of sulfone groups is 1. The third-order valence-corrected chi connectivity index (χ3v) is 6.34. The fourth-order valence-electron chi connectivity index (χ4n) is 3.25. The van der Waals surface area contributed by atoms with Crippen LogP contribution >= 0.6 is 0 Å². The number of benzene rings is 2. The van der Waals surface area contributed by atoms with Crippen LogP contribution < -0.4 is 10.6 Å². The summed E-state index contributed by atoms with van der Waals surface area (Å²) >= 11 is 0. The van der Waals surface area contributed by atoms with E-state index in [4.69, 9.17) is 0 Å². The maximum atomic E-state index is 12.6. The SMILES string of the molecule is O=C(Nc1cccc(NC(=O)N2CCCCCC2)c1)c1ccc(S(=O)(=O)C(F)F)cc1. The maximum Gasteiger partial charge on any atom is 0.341 e. The molecule has 1 aliphatic rings. The van der Waals surface area contributed by atoms with E-state index in [0.29, 0.717) is 24.5 Å². The van der Waals surface area contributed by atoms with Crippen LogP contribution in [0.2, 0.25) is 0 Å². The lowest BCUT2D eigenvalue weighted by Crippen LogP contribution is -2.35. The van der Waals surface area contributed by atoms with Gasteiger partial charge in [0, 0.05) is 30.0 Å². The highest BCUT2D eigenvalue weighted by atomic mass is 32.2. The van der Waals surface area contributed by atoms with Crippen molar-refractivity contribution in [2.45, 2.75) is 36.3 Å². The largest absolute Gasteiger partial charge is 0.341 e. The molecule has 0 bridgehead atoms. The van der Waals surface area contributed by atoms with Crippen molar-refractivity contribution in [1.29, 1.82) is 0 Å². The number of amides is 3. The van der Waals surface area contributed by atoms with Gasteiger partial charge in [-0.1, -0.05) is 18.9 Å². The summed E-state index contributed by atoms with van der Waals surface area (Å²) in [6.45, 7) is 1.42. The highest BCUT2D eigenvalue weighted by Gasteiger charge is 2.26. The van der Waals surface area contributed by atoms with Crippen LogP contribution in [0.5, 0.6) is 0 Å². The Labute approximate surface area is 179 Å². The third kappa shape index (κ3) is 5.78. The Morgan fingerprint density at radius 2 is 1.45 bits per heavy atom. The highest BCUT2D eigenvalue weighted by Crippen LogP contribution is 2.20. The Bertz CT molecular complexity index is 1030. The number of nitrogens with zero attached hydrogens (tertiary/aromatic N) is 1. The molecule has 7 nitrogen and oxygen atoms in total. The fraction of sp³-hybridized carbons (Fsp3) is 0.333. The summed E-state index contributed by atoms with van der Waals surface area (Å²) in [7, 11) is -4.72. The molecule has 0 unspecified atom stereocenters. The second kappa shape index (κ2) is 9.86. The number of alkyl halides is 2. The molecule has 3 rings (SSSR count). The van der Waals surface area contributed by atoms with Gasteiger partial charge in [-0.25, -0.2) is 13.2 Å². The Morgan fingerprint density at radius 1 is 0.871 bits per heavy atom. The molecule has 2 N–H and O–H groups in total. The van der Waals surface area contributed by atoms with Gasteiger partial charge in [-0.15, -0.1) is 0 Å². The predicted octanol–water partition coefficient (Wildman–Crippen LogP) is 4.34. The first-order chi connectivity index (χ1) is 14.8. The predicted molar refractivity (Wildman–Crippen MR) is 113 cm³/mol. The fourth-order valence-corrected chi connectivity index (χ4v) is 3.97. The molecule has 31 heavy (non-hydrogen) atoms. The smallest absolute Gasteiger partial charge is 0.325 e. The molecule has 0 spiro atoms. The number of carbonyl (C=O) groups excluding carboxylic acids is 2. The summed E-state index contributed by atoms with van der Waals surface area (Å²) in [5.74, 6) is -4.07. The van der Waals surface area contributed by atoms with E-state index in [1.54, 1.807) is 29.2 Å². The summed E-state index contributed by atoms with van der Waals surface area (Å²) in [4.78, 5) is 26.1. The first-order valence-electron chi connectivity index (χ1n) is 9.87. The molecular weight excluding hydrogens is 428 g/mol. The van der Waals surface area contributed by atoms with Crippen molar-refractivity contribution in [3.63, 3.8) is 0 Å². The summed E-state index contributed by atoms with van der Waals surface area (Å²) in [6, 6.07) is 10.7. The van der Waals surface area contributed by atoms with Crippen molar-refractivity contribution in [3.05, 3.63) is 54.1 Å². The molecule has 1 aliphatic heterocycles. The molecule has 2 aromatic rings. The molecule has 1 saturated heterocycles. The van der Waals surface area contributed by atoms with Gasteiger partial charge in [0.25, 0.3) is 5.91 Å². The van der Waals surface area contributed by atoms with Crippen LogP contribution in [0.25, 0.3) is 0 Å². The zero-order valence-corrected chi connectivity index (χ0v) is 17.5. The molecule has 1 heterocycles. The normalized spacial score (nSPS) is 14.7. The molecule has 0 aliphatic carbocycles. The Hall–Kier alpha value is -3.01. The number of anilines is 2. The van der Waals surface area contributed by atoms with Gasteiger partial charge >= 0.3 is 11.8 Å². The first-order valence-corrected chi connectivity index (χ1v) is 11.4. The van der Waals surface area contributed by atoms with E-state index in [0.717, 1.165) is 49.9 Å². The van der Waals surface area contributed by atoms with Crippen molar-refractivity contribution in [2.75, 3.05) is 23.7 Å². The number of urea groups is 1. The number of nitrogens with one attached hydrogen (secondary N) is 2. The monoisotopic (exact) mass is 451 g/mol. The van der Waals surface area contributed by atoms with E-state index in [-0.39, 0.29) is 11.6 Å². The number of carbonyl (C=O) groups is 2. The van der Waals surface area contributed by atoms with E-state index in [1.807, 2.05) is 0 Å². The van der Waals surface area contributed by atoms with Crippen LogP contribution in [0.3, 0.4) is 0 Å². The average molecular weight is 451 g/mol. The minimum absolute atomic E-state index is 0.104. The summed E-state index contributed by atoms with van der Waals surface area (Å²) in [5, 5.41) is 5.47. The van der Waals surface area contributed by atoms with Crippen LogP contribution in [-0.4, -0.2) is 44.1 Å². The molecular formula is C21H23F2N3O4S. The average Bonchev–Trinajstić information content (AvgIpc) is 3.03. The molecule has 0 atom stereocenters. The zero-order valence-electron chi connectivity index (χ0n) is 16.7. The molecule has 3 amide bonds. The zero-order chi connectivity index (χ0) is 22.4. The lowest BCUT2D eigenvalue weighted by Gasteiger charge is -2.21. The van der Waals surface area contributed by atoms with Gasteiger partial charge in [0.05, 0.1) is 4.90 Å². The Kier molecular flexibility index (Phi) is 7.21. The highest BCUT2D eigenvalue weighted by molar-refractivity contribution is 7.91. The molecule has 2 aromatic carbocycles. The molecule has 166 valence electrons. The third-order valence-electron chi connectivity index (χ3n) is 4.94. The molecule has 0 radical (unpaired) electrons. The van der Waals surface area contributed by atoms with Gasteiger partial charge in [0.15, 0.2) is 0 Å². The van der Waals surface area contributed by atoms with Crippen molar-refractivity contribution >= 4 is 33.2 Å². The van der Waals surface area contributed by atoms with Crippen molar-refractivity contribution in [2.24, 2.45) is 0 Å². The topological polar surface area (TPSA) is 95.6 Å². The van der Waals surface area contributed by atoms with Crippen LogP contribution in [0.1, 0.15) is 36.0 Å². The van der Waals surface area contributed by atoms with E-state index in [9.17, 15) is 26.8 Å². The van der Waals surface area contributed by atoms with Gasteiger partial charge in [-0.05, 0) is 55.3 Å². The molecule has 0 aromatic heterocycles. The minimum Gasteiger partial charge on any atom is -0.325 e. The quantitative estimate of drug-likeness (QED) is 0.707. The minimum atomic E-state index is -4.72. The van der Waals surface area contributed by atoms with Gasteiger partial charge < -0.3 is 15.5 Å². The molecule has 10 heteroatoms. The Morgan fingerprint density at radius 3 is 2.03 bits per heavy atom. The van der Waals surface area contributed by atoms with Crippen LogP contribution in [0.15, 0.2) is 53.4 Å². The van der Waals surface area contributed by atoms with E-state index >= 15 is 0 Å². The summed E-state index contributed by atoms with van der Waals surface area (Å²) in [5.41, 5.74) is 1.04. The number of halogens is 2. The number of hydrogen-bond acceptors (Lipinski definition) is 4. The van der Waals surface area contributed by atoms with Crippen molar-refractivity contribution in [3.8, 4) is 0 Å². The second-order valence-electron chi connectivity index (χ2n) is 7.20. The molecule has 1 fully saturated rings. The lowest BCUT2D eigenvalue weighted by atomic mass is 10.2. The summed E-state index contributed by atoms with van der Waals surface area (Å²) < 4.78 is 48.2. The van der Waals surface area contributed by atoms with Crippen LogP contribution in [0.4, 0.5) is 25.0 Å². The van der Waals surface area contributed by atoms with E-state index in [2.05, 4.69) is 10.6 Å². The number of rotatable bonds is 5. The van der Waals surface area contributed by atoms with Gasteiger partial charge in [0.1, 0.15) is 0 Å². The first kappa shape index (κ1) is 22.7. The van der Waals surface area contributed by atoms with E-state index < -0.39 is 26.4 Å².